The molecule has 1 aromatic heterocycles. The molecule has 2 atom stereocenters. The average molecular weight is 319 g/mol. The van der Waals surface area contributed by atoms with E-state index in [-0.39, 0.29) is 16.7 Å². The molecule has 0 amide bonds. The van der Waals surface area contributed by atoms with Crippen molar-refractivity contribution in [2.75, 3.05) is 24.7 Å². The van der Waals surface area contributed by atoms with E-state index in [0.29, 0.717) is 18.8 Å². The molecular weight excluding hydrogens is 298 g/mol. The Morgan fingerprint density at radius 1 is 1.45 bits per heavy atom. The number of aromatic nitrogens is 1. The van der Waals surface area contributed by atoms with Crippen molar-refractivity contribution in [1.29, 1.82) is 0 Å². The number of nitrogens with zero attached hydrogens (tertiary/aromatic N) is 1. The minimum atomic E-state index is -3.61. The standard InChI is InChI=1S/C12H21N3O3S2/c1-4-13-12-11(6-5-8-14-12)20(17,18)15-9-7-10(2)19(3)16/h5-6,8,10,15H,4,7,9H2,1-3H3,(H,13,14). The van der Waals surface area contributed by atoms with Crippen molar-refractivity contribution in [2.24, 2.45) is 0 Å². The Kier molecular flexibility index (Phi) is 6.57. The van der Waals surface area contributed by atoms with Crippen LogP contribution in [0.15, 0.2) is 23.2 Å². The Labute approximate surface area is 122 Å². The van der Waals surface area contributed by atoms with Gasteiger partial charge < -0.3 is 5.32 Å². The second kappa shape index (κ2) is 7.70. The van der Waals surface area contributed by atoms with Gasteiger partial charge in [0.2, 0.25) is 10.0 Å². The Balaban J connectivity index is 2.76. The molecular formula is C12H21N3O3S2. The number of sulfonamides is 1. The second-order valence-corrected chi connectivity index (χ2v) is 7.91. The molecule has 6 nitrogen and oxygen atoms in total. The summed E-state index contributed by atoms with van der Waals surface area (Å²) < 4.78 is 38.2. The summed E-state index contributed by atoms with van der Waals surface area (Å²) in [6.45, 7) is 4.55. The zero-order valence-corrected chi connectivity index (χ0v) is 13.6. The van der Waals surface area contributed by atoms with Gasteiger partial charge in [-0.3, -0.25) is 4.21 Å². The lowest BCUT2D eigenvalue weighted by Gasteiger charge is -2.12. The predicted molar refractivity (Wildman–Crippen MR) is 81.7 cm³/mol. The Morgan fingerprint density at radius 3 is 2.75 bits per heavy atom. The highest BCUT2D eigenvalue weighted by Crippen LogP contribution is 2.17. The van der Waals surface area contributed by atoms with Crippen molar-refractivity contribution >= 4 is 26.6 Å². The molecule has 114 valence electrons. The minimum Gasteiger partial charge on any atom is -0.369 e. The van der Waals surface area contributed by atoms with Crippen LogP contribution in [0.5, 0.6) is 0 Å². The summed E-state index contributed by atoms with van der Waals surface area (Å²) >= 11 is 0. The number of nitrogens with one attached hydrogen (secondary N) is 2. The first-order valence-corrected chi connectivity index (χ1v) is 9.49. The molecule has 0 aliphatic carbocycles. The van der Waals surface area contributed by atoms with Gasteiger partial charge in [-0.25, -0.2) is 18.1 Å². The lowest BCUT2D eigenvalue weighted by Crippen LogP contribution is -2.28. The molecule has 0 saturated carbocycles. The lowest BCUT2D eigenvalue weighted by atomic mass is 10.3. The van der Waals surface area contributed by atoms with E-state index in [4.69, 9.17) is 0 Å². The van der Waals surface area contributed by atoms with E-state index in [1.165, 1.54) is 6.07 Å². The first-order chi connectivity index (χ1) is 9.38. The average Bonchev–Trinajstić information content (AvgIpc) is 2.39. The van der Waals surface area contributed by atoms with Crippen LogP contribution in [-0.4, -0.2) is 42.2 Å². The van der Waals surface area contributed by atoms with Gasteiger partial charge in [0.05, 0.1) is 0 Å². The molecule has 0 radical (unpaired) electrons. The second-order valence-electron chi connectivity index (χ2n) is 4.38. The summed E-state index contributed by atoms with van der Waals surface area (Å²) in [5.74, 6) is 0.342. The molecule has 1 heterocycles. The van der Waals surface area contributed by atoms with Crippen LogP contribution in [0.4, 0.5) is 5.82 Å². The predicted octanol–water partition coefficient (Wildman–Crippen LogP) is 0.949. The van der Waals surface area contributed by atoms with E-state index in [1.807, 2.05) is 13.8 Å². The van der Waals surface area contributed by atoms with Crippen LogP contribution in [-0.2, 0) is 20.8 Å². The van der Waals surface area contributed by atoms with Crippen molar-refractivity contribution in [3.8, 4) is 0 Å². The van der Waals surface area contributed by atoms with Crippen molar-refractivity contribution in [2.45, 2.75) is 30.4 Å². The molecule has 2 N–H and O–H groups in total. The summed E-state index contributed by atoms with van der Waals surface area (Å²) in [5, 5.41) is 2.88. The van der Waals surface area contributed by atoms with Gasteiger partial charge in [-0.2, -0.15) is 0 Å². The third-order valence-electron chi connectivity index (χ3n) is 2.81. The third-order valence-corrected chi connectivity index (χ3v) is 5.68. The third kappa shape index (κ3) is 4.84. The fraction of sp³-hybridized carbons (Fsp3) is 0.583. The van der Waals surface area contributed by atoms with Crippen LogP contribution in [0.25, 0.3) is 0 Å². The van der Waals surface area contributed by atoms with Gasteiger partial charge >= 0.3 is 0 Å². The van der Waals surface area contributed by atoms with Gasteiger partial charge in [0.1, 0.15) is 10.7 Å². The molecule has 0 saturated heterocycles. The fourth-order valence-electron chi connectivity index (χ4n) is 1.55. The normalized spacial score (nSPS) is 14.8. The maximum Gasteiger partial charge on any atom is 0.244 e. The lowest BCUT2D eigenvalue weighted by molar-refractivity contribution is 0.578. The van der Waals surface area contributed by atoms with E-state index in [0.717, 1.165) is 0 Å². The monoisotopic (exact) mass is 319 g/mol. The maximum atomic E-state index is 12.2. The zero-order valence-electron chi connectivity index (χ0n) is 11.9. The Hall–Kier alpha value is -0.990. The van der Waals surface area contributed by atoms with Crippen LogP contribution in [0.3, 0.4) is 0 Å². The molecule has 2 unspecified atom stereocenters. The highest BCUT2D eigenvalue weighted by molar-refractivity contribution is 7.89. The highest BCUT2D eigenvalue weighted by Gasteiger charge is 2.19. The van der Waals surface area contributed by atoms with E-state index >= 15 is 0 Å². The smallest absolute Gasteiger partial charge is 0.244 e. The summed E-state index contributed by atoms with van der Waals surface area (Å²) in [4.78, 5) is 4.16. The molecule has 0 aliphatic heterocycles. The quantitative estimate of drug-likeness (QED) is 0.745. The van der Waals surface area contributed by atoms with E-state index < -0.39 is 20.8 Å². The SMILES string of the molecule is CCNc1ncccc1S(=O)(=O)NCCC(C)S(C)=O. The molecule has 0 spiro atoms. The molecule has 0 aliphatic rings. The largest absolute Gasteiger partial charge is 0.369 e. The van der Waals surface area contributed by atoms with Crippen LogP contribution in [0, 0.1) is 0 Å². The van der Waals surface area contributed by atoms with Gasteiger partial charge in [0.15, 0.2) is 0 Å². The summed E-state index contributed by atoms with van der Waals surface area (Å²) in [7, 11) is -4.56. The van der Waals surface area contributed by atoms with Crippen molar-refractivity contribution in [1.82, 2.24) is 9.71 Å². The number of hydrogen-bond acceptors (Lipinski definition) is 5. The van der Waals surface area contributed by atoms with E-state index in [2.05, 4.69) is 15.0 Å². The number of rotatable bonds is 8. The molecule has 20 heavy (non-hydrogen) atoms. The minimum absolute atomic E-state index is 0.0418. The van der Waals surface area contributed by atoms with Crippen LogP contribution in [0.2, 0.25) is 0 Å². The fourth-order valence-corrected chi connectivity index (χ4v) is 3.18. The number of pyridine rings is 1. The van der Waals surface area contributed by atoms with Crippen molar-refractivity contribution < 1.29 is 12.6 Å². The zero-order chi connectivity index (χ0) is 15.2. The summed E-state index contributed by atoms with van der Waals surface area (Å²) in [6, 6.07) is 3.09. The van der Waals surface area contributed by atoms with E-state index in [1.54, 1.807) is 18.5 Å². The summed E-state index contributed by atoms with van der Waals surface area (Å²) in [5.41, 5.74) is 0. The maximum absolute atomic E-state index is 12.2. The van der Waals surface area contributed by atoms with Gasteiger partial charge in [-0.1, -0.05) is 6.92 Å². The van der Waals surface area contributed by atoms with Crippen LogP contribution in [0.1, 0.15) is 20.3 Å². The van der Waals surface area contributed by atoms with Gasteiger partial charge in [0.25, 0.3) is 0 Å². The number of hydrogen-bond donors (Lipinski definition) is 2. The van der Waals surface area contributed by atoms with Crippen LogP contribution < -0.4 is 10.0 Å². The molecule has 0 bridgehead atoms. The topological polar surface area (TPSA) is 88.2 Å². The van der Waals surface area contributed by atoms with Crippen molar-refractivity contribution in [3.63, 3.8) is 0 Å². The van der Waals surface area contributed by atoms with Gasteiger partial charge in [-0.15, -0.1) is 0 Å². The first kappa shape index (κ1) is 17.1. The molecule has 8 heteroatoms. The van der Waals surface area contributed by atoms with Crippen molar-refractivity contribution in [3.05, 3.63) is 18.3 Å². The Morgan fingerprint density at radius 2 is 2.15 bits per heavy atom. The van der Waals surface area contributed by atoms with Crippen LogP contribution >= 0.6 is 0 Å². The van der Waals surface area contributed by atoms with E-state index in [9.17, 15) is 12.6 Å². The highest BCUT2D eigenvalue weighted by atomic mass is 32.2. The first-order valence-electron chi connectivity index (χ1n) is 6.39. The molecule has 0 aromatic carbocycles. The summed E-state index contributed by atoms with van der Waals surface area (Å²) in [6.07, 6.45) is 3.68. The van der Waals surface area contributed by atoms with Gasteiger partial charge in [-0.05, 0) is 25.5 Å². The van der Waals surface area contributed by atoms with Gasteiger partial charge in [0, 0.05) is 41.6 Å². The molecule has 0 fully saturated rings. The Bertz CT molecular complexity index is 561. The molecule has 1 rings (SSSR count). The molecule has 1 aromatic rings. The number of anilines is 1.